The van der Waals surface area contributed by atoms with Crippen LogP contribution in [0.1, 0.15) is 30.7 Å². The average Bonchev–Trinajstić information content (AvgIpc) is 2.80. The van der Waals surface area contributed by atoms with Gasteiger partial charge in [-0.3, -0.25) is 0 Å². The third-order valence-corrected chi connectivity index (χ3v) is 3.88. The molecule has 0 saturated carbocycles. The third-order valence-electron chi connectivity index (χ3n) is 3.10. The number of hydrogen-bond acceptors (Lipinski definition) is 1. The lowest BCUT2D eigenvalue weighted by molar-refractivity contribution is 0.0994. The molecule has 0 radical (unpaired) electrons. The van der Waals surface area contributed by atoms with E-state index in [2.05, 4.69) is 15.9 Å². The number of rotatable bonds is 4. The normalized spacial score (nSPS) is 22.2. The Morgan fingerprint density at radius 2 is 2.25 bits per heavy atom. The van der Waals surface area contributed by atoms with Gasteiger partial charge in [0.25, 0.3) is 0 Å². The van der Waals surface area contributed by atoms with E-state index >= 15 is 0 Å². The summed E-state index contributed by atoms with van der Waals surface area (Å²) >= 11 is 3.47. The molecule has 0 aromatic heterocycles. The van der Waals surface area contributed by atoms with E-state index in [-0.39, 0.29) is 11.7 Å². The zero-order chi connectivity index (χ0) is 11.4. The van der Waals surface area contributed by atoms with Gasteiger partial charge in [0.05, 0.1) is 6.10 Å². The number of halogens is 2. The molecule has 0 bridgehead atoms. The van der Waals surface area contributed by atoms with Gasteiger partial charge in [0.1, 0.15) is 5.82 Å². The number of ether oxygens (including phenoxy) is 1. The van der Waals surface area contributed by atoms with Gasteiger partial charge >= 0.3 is 0 Å². The summed E-state index contributed by atoms with van der Waals surface area (Å²) in [5.74, 6) is 0.106. The van der Waals surface area contributed by atoms with E-state index in [1.165, 1.54) is 6.07 Å². The molecule has 2 rings (SSSR count). The molecule has 1 saturated heterocycles. The SMILES string of the molecule is Fc1ccccc1C(CBr)CC1CCCO1. The minimum Gasteiger partial charge on any atom is -0.378 e. The van der Waals surface area contributed by atoms with Crippen molar-refractivity contribution in [3.05, 3.63) is 35.6 Å². The highest BCUT2D eigenvalue weighted by Gasteiger charge is 2.22. The number of benzene rings is 1. The highest BCUT2D eigenvalue weighted by molar-refractivity contribution is 9.09. The molecule has 0 aliphatic carbocycles. The maximum absolute atomic E-state index is 13.6. The highest BCUT2D eigenvalue weighted by Crippen LogP contribution is 2.29. The van der Waals surface area contributed by atoms with Crippen LogP contribution in [0, 0.1) is 5.82 Å². The Balaban J connectivity index is 2.06. The van der Waals surface area contributed by atoms with E-state index in [1.54, 1.807) is 6.07 Å². The first-order valence-electron chi connectivity index (χ1n) is 5.73. The van der Waals surface area contributed by atoms with Crippen molar-refractivity contribution in [2.24, 2.45) is 0 Å². The van der Waals surface area contributed by atoms with Crippen molar-refractivity contribution in [2.45, 2.75) is 31.3 Å². The van der Waals surface area contributed by atoms with Crippen molar-refractivity contribution in [3.63, 3.8) is 0 Å². The van der Waals surface area contributed by atoms with Crippen LogP contribution >= 0.6 is 15.9 Å². The smallest absolute Gasteiger partial charge is 0.126 e. The fourth-order valence-electron chi connectivity index (χ4n) is 2.23. The lowest BCUT2D eigenvalue weighted by Crippen LogP contribution is -2.13. The van der Waals surface area contributed by atoms with Crippen LogP contribution in [-0.4, -0.2) is 18.0 Å². The molecular formula is C13H16BrFO. The minimum absolute atomic E-state index is 0.107. The Labute approximate surface area is 104 Å². The second-order valence-electron chi connectivity index (χ2n) is 4.24. The van der Waals surface area contributed by atoms with E-state index < -0.39 is 0 Å². The van der Waals surface area contributed by atoms with Crippen molar-refractivity contribution >= 4 is 15.9 Å². The Bertz CT molecular complexity index is 336. The van der Waals surface area contributed by atoms with Crippen molar-refractivity contribution in [3.8, 4) is 0 Å². The summed E-state index contributed by atoms with van der Waals surface area (Å²) in [4.78, 5) is 0. The van der Waals surface area contributed by atoms with E-state index in [4.69, 9.17) is 4.74 Å². The van der Waals surface area contributed by atoms with E-state index in [0.29, 0.717) is 6.10 Å². The molecule has 1 aliphatic rings. The van der Waals surface area contributed by atoms with Crippen LogP contribution in [0.25, 0.3) is 0 Å². The van der Waals surface area contributed by atoms with Crippen molar-refractivity contribution in [1.29, 1.82) is 0 Å². The Kier molecular flexibility index (Phi) is 4.36. The van der Waals surface area contributed by atoms with Crippen LogP contribution in [0.15, 0.2) is 24.3 Å². The van der Waals surface area contributed by atoms with Crippen LogP contribution in [0.4, 0.5) is 4.39 Å². The standard InChI is InChI=1S/C13H16BrFO/c14-9-10(8-11-4-3-7-16-11)12-5-1-2-6-13(12)15/h1-2,5-6,10-11H,3-4,7-9H2. The first-order chi connectivity index (χ1) is 7.81. The van der Waals surface area contributed by atoms with Crippen LogP contribution in [0.3, 0.4) is 0 Å². The second kappa shape index (κ2) is 5.78. The van der Waals surface area contributed by atoms with Gasteiger partial charge < -0.3 is 4.74 Å². The fraction of sp³-hybridized carbons (Fsp3) is 0.538. The average molecular weight is 287 g/mol. The molecule has 1 heterocycles. The zero-order valence-corrected chi connectivity index (χ0v) is 10.7. The van der Waals surface area contributed by atoms with Gasteiger partial charge in [0.15, 0.2) is 0 Å². The maximum atomic E-state index is 13.6. The van der Waals surface area contributed by atoms with Gasteiger partial charge in [0.2, 0.25) is 0 Å². The van der Waals surface area contributed by atoms with E-state index in [1.807, 2.05) is 12.1 Å². The molecule has 1 aromatic rings. The quantitative estimate of drug-likeness (QED) is 0.764. The molecule has 3 heteroatoms. The Morgan fingerprint density at radius 1 is 1.44 bits per heavy atom. The topological polar surface area (TPSA) is 9.23 Å². The third kappa shape index (κ3) is 2.83. The summed E-state index contributed by atoms with van der Waals surface area (Å²) in [5.41, 5.74) is 0.801. The predicted octanol–water partition coefficient (Wildman–Crippen LogP) is 3.87. The van der Waals surface area contributed by atoms with E-state index in [9.17, 15) is 4.39 Å². The summed E-state index contributed by atoms with van der Waals surface area (Å²) in [5, 5.41) is 0.786. The summed E-state index contributed by atoms with van der Waals surface area (Å²) < 4.78 is 19.2. The molecular weight excluding hydrogens is 271 g/mol. The molecule has 16 heavy (non-hydrogen) atoms. The zero-order valence-electron chi connectivity index (χ0n) is 9.16. The summed E-state index contributed by atoms with van der Waals surface area (Å²) in [6.07, 6.45) is 3.46. The van der Waals surface area contributed by atoms with Crippen LogP contribution < -0.4 is 0 Å². The maximum Gasteiger partial charge on any atom is 0.126 e. The van der Waals surface area contributed by atoms with Crippen LogP contribution in [0.5, 0.6) is 0 Å². The van der Waals surface area contributed by atoms with Crippen LogP contribution in [-0.2, 0) is 4.74 Å². The molecule has 0 spiro atoms. The molecule has 0 amide bonds. The predicted molar refractivity (Wildman–Crippen MR) is 66.5 cm³/mol. The summed E-state index contributed by atoms with van der Waals surface area (Å²) in [6.45, 7) is 0.858. The molecule has 2 unspecified atom stereocenters. The van der Waals surface area contributed by atoms with Gasteiger partial charge in [-0.15, -0.1) is 0 Å². The minimum atomic E-state index is -0.107. The lowest BCUT2D eigenvalue weighted by Gasteiger charge is -2.19. The molecule has 1 aromatic carbocycles. The summed E-state index contributed by atoms with van der Waals surface area (Å²) in [6, 6.07) is 7.02. The Morgan fingerprint density at radius 3 is 2.88 bits per heavy atom. The number of hydrogen-bond donors (Lipinski definition) is 0. The fourth-order valence-corrected chi connectivity index (χ4v) is 2.84. The van der Waals surface area contributed by atoms with Gasteiger partial charge in [-0.05, 0) is 36.8 Å². The molecule has 1 fully saturated rings. The van der Waals surface area contributed by atoms with Gasteiger partial charge in [-0.2, -0.15) is 0 Å². The van der Waals surface area contributed by atoms with Gasteiger partial charge in [-0.25, -0.2) is 4.39 Å². The van der Waals surface area contributed by atoms with Crippen molar-refractivity contribution < 1.29 is 9.13 Å². The molecule has 1 aliphatic heterocycles. The number of alkyl halides is 1. The van der Waals surface area contributed by atoms with Crippen molar-refractivity contribution in [1.82, 2.24) is 0 Å². The monoisotopic (exact) mass is 286 g/mol. The molecule has 0 N–H and O–H groups in total. The molecule has 2 atom stereocenters. The van der Waals surface area contributed by atoms with Crippen molar-refractivity contribution in [2.75, 3.05) is 11.9 Å². The largest absolute Gasteiger partial charge is 0.378 e. The lowest BCUT2D eigenvalue weighted by atomic mass is 9.93. The van der Waals surface area contributed by atoms with Crippen LogP contribution in [0.2, 0.25) is 0 Å². The Hall–Kier alpha value is -0.410. The molecule has 88 valence electrons. The first-order valence-corrected chi connectivity index (χ1v) is 6.85. The molecule has 1 nitrogen and oxygen atoms in total. The highest BCUT2D eigenvalue weighted by atomic mass is 79.9. The second-order valence-corrected chi connectivity index (χ2v) is 4.89. The van der Waals surface area contributed by atoms with Gasteiger partial charge in [-0.1, -0.05) is 34.1 Å². The summed E-state index contributed by atoms with van der Waals surface area (Å²) in [7, 11) is 0. The first kappa shape index (κ1) is 12.1. The van der Waals surface area contributed by atoms with E-state index in [0.717, 1.165) is 36.8 Å². The van der Waals surface area contributed by atoms with Gasteiger partial charge in [0, 0.05) is 11.9 Å².